The zero-order valence-electron chi connectivity index (χ0n) is 15.8. The number of nitrogen functional groups attached to an aromatic ring is 1. The molecule has 0 aliphatic rings. The van der Waals surface area contributed by atoms with Crippen molar-refractivity contribution in [1.29, 1.82) is 0 Å². The number of rotatable bonds is 6. The van der Waals surface area contributed by atoms with E-state index in [9.17, 15) is 9.59 Å². The number of anilines is 2. The van der Waals surface area contributed by atoms with Crippen molar-refractivity contribution in [2.24, 2.45) is 0 Å². The summed E-state index contributed by atoms with van der Waals surface area (Å²) in [7, 11) is 0. The minimum Gasteiger partial charge on any atom is -0.382 e. The van der Waals surface area contributed by atoms with Crippen LogP contribution in [0.2, 0.25) is 0 Å². The van der Waals surface area contributed by atoms with Gasteiger partial charge in [0.2, 0.25) is 5.91 Å². The second-order valence-corrected chi connectivity index (χ2v) is 6.52. The first-order chi connectivity index (χ1) is 13.4. The zero-order valence-corrected chi connectivity index (χ0v) is 15.8. The van der Waals surface area contributed by atoms with Gasteiger partial charge in [0.25, 0.3) is 5.91 Å². The van der Waals surface area contributed by atoms with Crippen LogP contribution in [-0.4, -0.2) is 26.8 Å². The first-order valence-electron chi connectivity index (χ1n) is 8.82. The molecule has 0 unspecified atom stereocenters. The average molecular weight is 378 g/mol. The number of aryl methyl sites for hydroxylation is 2. The van der Waals surface area contributed by atoms with Crippen molar-refractivity contribution in [3.05, 3.63) is 70.9 Å². The van der Waals surface area contributed by atoms with E-state index in [1.54, 1.807) is 0 Å². The lowest BCUT2D eigenvalue weighted by atomic mass is 10.1. The molecule has 0 spiro atoms. The molecular formula is C20H22N6O2. The molecule has 3 aromatic rings. The summed E-state index contributed by atoms with van der Waals surface area (Å²) in [5.41, 5.74) is 9.70. The molecule has 2 amide bonds. The summed E-state index contributed by atoms with van der Waals surface area (Å²) in [6.07, 6.45) is 0. The SMILES string of the molecule is Cc1ccc(NC(=O)Cn2nnc(C(=O)NCc3ccccc3)c2N)c(C)c1. The van der Waals surface area contributed by atoms with E-state index in [0.29, 0.717) is 6.54 Å². The number of nitrogens with two attached hydrogens (primary N) is 1. The molecule has 0 radical (unpaired) electrons. The molecule has 144 valence electrons. The number of nitrogens with one attached hydrogen (secondary N) is 2. The van der Waals surface area contributed by atoms with E-state index in [4.69, 9.17) is 5.73 Å². The monoisotopic (exact) mass is 378 g/mol. The van der Waals surface area contributed by atoms with Crippen LogP contribution in [0.3, 0.4) is 0 Å². The van der Waals surface area contributed by atoms with Gasteiger partial charge < -0.3 is 16.4 Å². The van der Waals surface area contributed by atoms with E-state index in [1.807, 2.05) is 62.4 Å². The largest absolute Gasteiger partial charge is 0.382 e. The molecular weight excluding hydrogens is 356 g/mol. The van der Waals surface area contributed by atoms with Gasteiger partial charge in [0.05, 0.1) is 0 Å². The summed E-state index contributed by atoms with van der Waals surface area (Å²) in [4.78, 5) is 24.6. The lowest BCUT2D eigenvalue weighted by molar-refractivity contribution is -0.116. The molecule has 8 heteroatoms. The van der Waals surface area contributed by atoms with Gasteiger partial charge in [-0.3, -0.25) is 9.59 Å². The van der Waals surface area contributed by atoms with Crippen LogP contribution in [0.1, 0.15) is 27.2 Å². The first kappa shape index (κ1) is 19.1. The molecule has 0 bridgehead atoms. The maximum atomic E-state index is 12.3. The standard InChI is InChI=1S/C20H22N6O2/c1-13-8-9-16(14(2)10-13)23-17(27)12-26-19(21)18(24-25-26)20(28)22-11-15-6-4-3-5-7-15/h3-10H,11-12,21H2,1-2H3,(H,22,28)(H,23,27). The summed E-state index contributed by atoms with van der Waals surface area (Å²) in [5, 5.41) is 13.2. The number of amides is 2. The van der Waals surface area contributed by atoms with Gasteiger partial charge in [0, 0.05) is 12.2 Å². The summed E-state index contributed by atoms with van der Waals surface area (Å²) in [6, 6.07) is 15.2. The van der Waals surface area contributed by atoms with Gasteiger partial charge >= 0.3 is 0 Å². The van der Waals surface area contributed by atoms with Crippen molar-refractivity contribution in [3.63, 3.8) is 0 Å². The third-order valence-corrected chi connectivity index (χ3v) is 4.23. The number of hydrogen-bond donors (Lipinski definition) is 3. The van der Waals surface area contributed by atoms with Crippen molar-refractivity contribution in [2.75, 3.05) is 11.1 Å². The number of aromatic nitrogens is 3. The fourth-order valence-electron chi connectivity index (χ4n) is 2.74. The second kappa shape index (κ2) is 8.34. The molecule has 2 aromatic carbocycles. The lowest BCUT2D eigenvalue weighted by Crippen LogP contribution is -2.25. The molecule has 1 heterocycles. The van der Waals surface area contributed by atoms with Gasteiger partial charge in [-0.25, -0.2) is 4.68 Å². The van der Waals surface area contributed by atoms with Crippen molar-refractivity contribution in [2.45, 2.75) is 26.9 Å². The molecule has 0 saturated carbocycles. The van der Waals surface area contributed by atoms with Crippen LogP contribution < -0.4 is 16.4 Å². The number of carbonyl (C=O) groups excluding carboxylic acids is 2. The van der Waals surface area contributed by atoms with E-state index < -0.39 is 5.91 Å². The summed E-state index contributed by atoms with van der Waals surface area (Å²) >= 11 is 0. The molecule has 0 atom stereocenters. The fourth-order valence-corrected chi connectivity index (χ4v) is 2.74. The third kappa shape index (κ3) is 4.53. The topological polar surface area (TPSA) is 115 Å². The Kier molecular flexibility index (Phi) is 5.69. The van der Waals surface area contributed by atoms with E-state index in [0.717, 1.165) is 22.4 Å². The maximum absolute atomic E-state index is 12.3. The van der Waals surface area contributed by atoms with Crippen LogP contribution in [-0.2, 0) is 17.9 Å². The van der Waals surface area contributed by atoms with Crippen molar-refractivity contribution in [1.82, 2.24) is 20.3 Å². The van der Waals surface area contributed by atoms with Crippen LogP contribution in [0, 0.1) is 13.8 Å². The van der Waals surface area contributed by atoms with Crippen molar-refractivity contribution < 1.29 is 9.59 Å². The van der Waals surface area contributed by atoms with Gasteiger partial charge in [-0.05, 0) is 31.0 Å². The minimum absolute atomic E-state index is 0.00440. The normalized spacial score (nSPS) is 10.5. The van der Waals surface area contributed by atoms with Crippen LogP contribution in [0.25, 0.3) is 0 Å². The molecule has 28 heavy (non-hydrogen) atoms. The summed E-state index contributed by atoms with van der Waals surface area (Å²) < 4.78 is 1.20. The number of nitrogens with zero attached hydrogens (tertiary/aromatic N) is 3. The number of benzene rings is 2. The van der Waals surface area contributed by atoms with Gasteiger partial charge in [-0.15, -0.1) is 5.10 Å². The van der Waals surface area contributed by atoms with Crippen LogP contribution in [0.5, 0.6) is 0 Å². The highest BCUT2D eigenvalue weighted by molar-refractivity contribution is 5.97. The maximum Gasteiger partial charge on any atom is 0.275 e. The van der Waals surface area contributed by atoms with Crippen LogP contribution in [0.4, 0.5) is 11.5 Å². The molecule has 8 nitrogen and oxygen atoms in total. The van der Waals surface area contributed by atoms with E-state index in [1.165, 1.54) is 4.68 Å². The van der Waals surface area contributed by atoms with E-state index in [-0.39, 0.29) is 24.0 Å². The predicted molar refractivity (Wildman–Crippen MR) is 107 cm³/mol. The quantitative estimate of drug-likeness (QED) is 0.607. The highest BCUT2D eigenvalue weighted by Gasteiger charge is 2.19. The number of hydrogen-bond acceptors (Lipinski definition) is 5. The minimum atomic E-state index is -0.442. The van der Waals surface area contributed by atoms with Gasteiger partial charge in [-0.1, -0.05) is 53.2 Å². The zero-order chi connectivity index (χ0) is 20.1. The molecule has 4 N–H and O–H groups in total. The van der Waals surface area contributed by atoms with E-state index >= 15 is 0 Å². The fraction of sp³-hybridized carbons (Fsp3) is 0.200. The Morgan fingerprint density at radius 1 is 1.11 bits per heavy atom. The molecule has 0 aliphatic heterocycles. The predicted octanol–water partition coefficient (Wildman–Crippen LogP) is 2.05. The molecule has 0 saturated heterocycles. The van der Waals surface area contributed by atoms with Gasteiger partial charge in [0.15, 0.2) is 11.5 Å². The first-order valence-corrected chi connectivity index (χ1v) is 8.82. The van der Waals surface area contributed by atoms with Gasteiger partial charge in [-0.2, -0.15) is 0 Å². The Bertz CT molecular complexity index is 997. The Hall–Kier alpha value is -3.68. The number of carbonyl (C=O) groups is 2. The highest BCUT2D eigenvalue weighted by Crippen LogP contribution is 2.16. The lowest BCUT2D eigenvalue weighted by Gasteiger charge is -2.09. The second-order valence-electron chi connectivity index (χ2n) is 6.52. The Morgan fingerprint density at radius 3 is 2.57 bits per heavy atom. The smallest absolute Gasteiger partial charge is 0.275 e. The Balaban J connectivity index is 1.62. The molecule has 0 fully saturated rings. The highest BCUT2D eigenvalue weighted by atomic mass is 16.2. The molecule has 0 aliphatic carbocycles. The van der Waals surface area contributed by atoms with E-state index in [2.05, 4.69) is 20.9 Å². The Morgan fingerprint density at radius 2 is 1.86 bits per heavy atom. The summed E-state index contributed by atoms with van der Waals surface area (Å²) in [5.74, 6) is -0.705. The van der Waals surface area contributed by atoms with Crippen LogP contribution >= 0.6 is 0 Å². The molecule has 1 aromatic heterocycles. The Labute approximate surface area is 162 Å². The molecule has 3 rings (SSSR count). The van der Waals surface area contributed by atoms with Crippen LogP contribution in [0.15, 0.2) is 48.5 Å². The third-order valence-electron chi connectivity index (χ3n) is 4.23. The van der Waals surface area contributed by atoms with Crippen molar-refractivity contribution >= 4 is 23.3 Å². The van der Waals surface area contributed by atoms with Crippen molar-refractivity contribution in [3.8, 4) is 0 Å². The van der Waals surface area contributed by atoms with Gasteiger partial charge in [0.1, 0.15) is 6.54 Å². The average Bonchev–Trinajstić information content (AvgIpc) is 3.03. The summed E-state index contributed by atoms with van der Waals surface area (Å²) in [6.45, 7) is 4.11.